The molecule has 2 aliphatic rings. The van der Waals surface area contributed by atoms with Gasteiger partial charge in [-0.1, -0.05) is 30.3 Å². The van der Waals surface area contributed by atoms with Crippen LogP contribution in [0.3, 0.4) is 0 Å². The molecule has 7 nitrogen and oxygen atoms in total. The molecule has 2 N–H and O–H groups in total. The number of carbonyl (C=O) groups is 2. The fourth-order valence-corrected chi connectivity index (χ4v) is 4.89. The summed E-state index contributed by atoms with van der Waals surface area (Å²) in [6.45, 7) is 2.72. The van der Waals surface area contributed by atoms with Crippen molar-refractivity contribution in [3.05, 3.63) is 60.4 Å². The maximum Gasteiger partial charge on any atom is 0.315 e. The molecular weight excluding hydrogens is 416 g/mol. The third kappa shape index (κ3) is 6.70. The monoisotopic (exact) mass is 450 g/mol. The highest BCUT2D eigenvalue weighted by Crippen LogP contribution is 2.34. The lowest BCUT2D eigenvalue weighted by Crippen LogP contribution is -2.49. The van der Waals surface area contributed by atoms with Crippen LogP contribution in [-0.2, 0) is 11.2 Å². The minimum Gasteiger partial charge on any atom is -0.492 e. The first-order valence-electron chi connectivity index (χ1n) is 12.1. The molecule has 2 aromatic rings. The predicted octanol–water partition coefficient (Wildman–Crippen LogP) is 3.41. The first kappa shape index (κ1) is 23.1. The van der Waals surface area contributed by atoms with Gasteiger partial charge >= 0.3 is 6.03 Å². The molecule has 1 aromatic carbocycles. The summed E-state index contributed by atoms with van der Waals surface area (Å²) in [7, 11) is 0. The first-order chi connectivity index (χ1) is 16.2. The summed E-state index contributed by atoms with van der Waals surface area (Å²) < 4.78 is 5.91. The number of amides is 3. The van der Waals surface area contributed by atoms with Crippen molar-refractivity contribution in [2.45, 2.75) is 44.6 Å². The van der Waals surface area contributed by atoms with E-state index in [0.717, 1.165) is 50.9 Å². The average molecular weight is 451 g/mol. The SMILES string of the molecule is O=C(NCCc1ccccc1)N[C@@H]1C[C@H](COc2cccnc2)C[C@H]1C(=O)N1CCCCC1. The van der Waals surface area contributed by atoms with Crippen LogP contribution >= 0.6 is 0 Å². The standard InChI is InChI=1S/C26H34N4O3/c31-25(30-14-5-2-6-15-30)23-16-21(19-33-22-10-7-12-27-18-22)17-24(23)29-26(32)28-13-11-20-8-3-1-4-9-20/h1,3-4,7-10,12,18,21,23-24H,2,5-6,11,13-17,19H2,(H2,28,29,32)/t21-,23-,24-/m1/s1. The van der Waals surface area contributed by atoms with E-state index in [1.165, 1.54) is 12.0 Å². The lowest BCUT2D eigenvalue weighted by Gasteiger charge is -2.31. The topological polar surface area (TPSA) is 83.6 Å². The second-order valence-electron chi connectivity index (χ2n) is 9.07. The fourth-order valence-electron chi connectivity index (χ4n) is 4.89. The van der Waals surface area contributed by atoms with Crippen LogP contribution in [0.5, 0.6) is 5.75 Å². The third-order valence-corrected chi connectivity index (χ3v) is 6.62. The number of hydrogen-bond donors (Lipinski definition) is 2. The molecule has 1 aliphatic heterocycles. The maximum atomic E-state index is 13.3. The van der Waals surface area contributed by atoms with Gasteiger partial charge in [0.1, 0.15) is 5.75 Å². The van der Waals surface area contributed by atoms with Crippen molar-refractivity contribution < 1.29 is 14.3 Å². The Morgan fingerprint density at radius 1 is 1.03 bits per heavy atom. The molecule has 33 heavy (non-hydrogen) atoms. The van der Waals surface area contributed by atoms with Crippen LogP contribution in [0, 0.1) is 11.8 Å². The number of nitrogens with zero attached hydrogens (tertiary/aromatic N) is 2. The summed E-state index contributed by atoms with van der Waals surface area (Å²) in [5.74, 6) is 0.906. The summed E-state index contributed by atoms with van der Waals surface area (Å²) in [5.41, 5.74) is 1.18. The number of hydrogen-bond acceptors (Lipinski definition) is 4. The van der Waals surface area contributed by atoms with E-state index >= 15 is 0 Å². The highest BCUT2D eigenvalue weighted by atomic mass is 16.5. The third-order valence-electron chi connectivity index (χ3n) is 6.62. The minimum atomic E-state index is -0.207. The molecule has 3 atom stereocenters. The summed E-state index contributed by atoms with van der Waals surface area (Å²) in [6.07, 6.45) is 8.95. The van der Waals surface area contributed by atoms with E-state index in [2.05, 4.69) is 27.8 Å². The average Bonchev–Trinajstić information content (AvgIpc) is 3.26. The van der Waals surface area contributed by atoms with Gasteiger partial charge in [-0.15, -0.1) is 0 Å². The van der Waals surface area contributed by atoms with Gasteiger partial charge in [-0.25, -0.2) is 4.79 Å². The number of pyridine rings is 1. The van der Waals surface area contributed by atoms with Gasteiger partial charge in [-0.3, -0.25) is 9.78 Å². The number of ether oxygens (including phenoxy) is 1. The van der Waals surface area contributed by atoms with Crippen LogP contribution in [0.25, 0.3) is 0 Å². The molecular formula is C26H34N4O3. The van der Waals surface area contributed by atoms with Crippen LogP contribution in [0.4, 0.5) is 4.79 Å². The number of urea groups is 1. The zero-order chi connectivity index (χ0) is 22.9. The number of piperidine rings is 1. The smallest absolute Gasteiger partial charge is 0.315 e. The molecule has 0 bridgehead atoms. The van der Waals surface area contributed by atoms with E-state index in [9.17, 15) is 9.59 Å². The van der Waals surface area contributed by atoms with Gasteiger partial charge in [0.05, 0.1) is 18.7 Å². The Kier molecular flexibility index (Phi) is 8.17. The van der Waals surface area contributed by atoms with Gasteiger partial charge in [-0.2, -0.15) is 0 Å². The lowest BCUT2D eigenvalue weighted by atomic mass is 9.99. The molecule has 0 radical (unpaired) electrons. The largest absolute Gasteiger partial charge is 0.492 e. The van der Waals surface area contributed by atoms with Crippen molar-refractivity contribution >= 4 is 11.9 Å². The summed E-state index contributed by atoms with van der Waals surface area (Å²) in [4.78, 5) is 32.0. The molecule has 1 aromatic heterocycles. The first-order valence-corrected chi connectivity index (χ1v) is 12.1. The van der Waals surface area contributed by atoms with E-state index in [-0.39, 0.29) is 29.8 Å². The van der Waals surface area contributed by atoms with E-state index in [4.69, 9.17) is 4.74 Å². The molecule has 0 unspecified atom stereocenters. The Morgan fingerprint density at radius 2 is 1.85 bits per heavy atom. The van der Waals surface area contributed by atoms with Gasteiger partial charge in [0.25, 0.3) is 0 Å². The summed E-state index contributed by atoms with van der Waals surface area (Å²) in [5, 5.41) is 6.05. The molecule has 3 amide bonds. The van der Waals surface area contributed by atoms with E-state index in [1.807, 2.05) is 35.2 Å². The number of carbonyl (C=O) groups excluding carboxylic acids is 2. The second kappa shape index (κ2) is 11.7. The Hall–Kier alpha value is -3.09. The van der Waals surface area contributed by atoms with Gasteiger partial charge in [0.2, 0.25) is 5.91 Å². The van der Waals surface area contributed by atoms with Crippen molar-refractivity contribution in [1.82, 2.24) is 20.5 Å². The molecule has 4 rings (SSSR count). The predicted molar refractivity (Wildman–Crippen MR) is 127 cm³/mol. The lowest BCUT2D eigenvalue weighted by molar-refractivity contribution is -0.136. The number of aromatic nitrogens is 1. The number of likely N-dealkylation sites (tertiary alicyclic amines) is 1. The van der Waals surface area contributed by atoms with Gasteiger partial charge < -0.3 is 20.3 Å². The second-order valence-corrected chi connectivity index (χ2v) is 9.07. The zero-order valence-corrected chi connectivity index (χ0v) is 19.1. The number of nitrogens with one attached hydrogen (secondary N) is 2. The molecule has 1 saturated carbocycles. The van der Waals surface area contributed by atoms with Crippen molar-refractivity contribution in [3.63, 3.8) is 0 Å². The summed E-state index contributed by atoms with van der Waals surface area (Å²) in [6, 6.07) is 13.4. The van der Waals surface area contributed by atoms with Crippen LogP contribution in [-0.4, -0.2) is 54.1 Å². The van der Waals surface area contributed by atoms with Crippen LogP contribution < -0.4 is 15.4 Å². The molecule has 1 aliphatic carbocycles. The van der Waals surface area contributed by atoms with Crippen LogP contribution in [0.2, 0.25) is 0 Å². The molecule has 2 heterocycles. The van der Waals surface area contributed by atoms with Crippen molar-refractivity contribution in [1.29, 1.82) is 0 Å². The van der Waals surface area contributed by atoms with Crippen LogP contribution in [0.15, 0.2) is 54.9 Å². The Morgan fingerprint density at radius 3 is 2.61 bits per heavy atom. The Labute approximate surface area is 195 Å². The van der Waals surface area contributed by atoms with E-state index in [1.54, 1.807) is 12.4 Å². The van der Waals surface area contributed by atoms with Gasteiger partial charge in [0, 0.05) is 31.9 Å². The normalized spacial score (nSPS) is 22.5. The maximum absolute atomic E-state index is 13.3. The van der Waals surface area contributed by atoms with Crippen molar-refractivity contribution in [3.8, 4) is 5.75 Å². The number of benzene rings is 1. The summed E-state index contributed by atoms with van der Waals surface area (Å²) >= 11 is 0. The molecule has 7 heteroatoms. The quantitative estimate of drug-likeness (QED) is 0.646. The van der Waals surface area contributed by atoms with E-state index < -0.39 is 0 Å². The van der Waals surface area contributed by atoms with Gasteiger partial charge in [-0.05, 0) is 62.1 Å². The zero-order valence-electron chi connectivity index (χ0n) is 19.1. The highest BCUT2D eigenvalue weighted by molar-refractivity contribution is 5.82. The molecule has 176 valence electrons. The van der Waals surface area contributed by atoms with Crippen LogP contribution in [0.1, 0.15) is 37.7 Å². The molecule has 2 fully saturated rings. The van der Waals surface area contributed by atoms with E-state index in [0.29, 0.717) is 13.2 Å². The minimum absolute atomic E-state index is 0.174. The molecule has 1 saturated heterocycles. The van der Waals surface area contributed by atoms with Gasteiger partial charge in [0.15, 0.2) is 0 Å². The molecule has 0 spiro atoms. The van der Waals surface area contributed by atoms with Crippen molar-refractivity contribution in [2.75, 3.05) is 26.2 Å². The fraction of sp³-hybridized carbons (Fsp3) is 0.500. The Bertz CT molecular complexity index is 887. The van der Waals surface area contributed by atoms with Crippen molar-refractivity contribution in [2.24, 2.45) is 11.8 Å². The highest BCUT2D eigenvalue weighted by Gasteiger charge is 2.41. The number of rotatable bonds is 8. The Balaban J connectivity index is 1.33.